The van der Waals surface area contributed by atoms with Crippen molar-refractivity contribution in [2.45, 2.75) is 60.2 Å². The first-order valence-corrected chi connectivity index (χ1v) is 8.54. The molecule has 0 radical (unpaired) electrons. The Hall–Kier alpha value is -0.890. The van der Waals surface area contributed by atoms with Gasteiger partial charge in [0, 0.05) is 13.1 Å². The topological polar surface area (TPSA) is 3.24 Å². The van der Waals surface area contributed by atoms with Gasteiger partial charge in [-0.15, -0.1) is 0 Å². The fraction of sp³-hybridized carbons (Fsp3) is 0.684. The lowest BCUT2D eigenvalue weighted by Crippen LogP contribution is -2.43. The van der Waals surface area contributed by atoms with E-state index in [1.807, 2.05) is 13.8 Å². The molecule has 1 heterocycles. The lowest BCUT2D eigenvalue weighted by Gasteiger charge is -2.36. The zero-order valence-corrected chi connectivity index (χ0v) is 14.4. The maximum Gasteiger partial charge on any atom is 0.116 e. The number of benzene rings is 1. The molecule has 2 atom stereocenters. The van der Waals surface area contributed by atoms with Crippen LogP contribution >= 0.6 is 0 Å². The van der Waals surface area contributed by atoms with Crippen LogP contribution in [-0.2, 0) is 13.0 Å². The van der Waals surface area contributed by atoms with Crippen LogP contribution in [0.3, 0.4) is 0 Å². The first-order chi connectivity index (χ1) is 10.1. The number of aryl methyl sites for hydroxylation is 1. The first-order valence-electron chi connectivity index (χ1n) is 8.54. The molecule has 0 aromatic heterocycles. The maximum absolute atomic E-state index is 14.2. The quantitative estimate of drug-likeness (QED) is 0.747. The molecule has 2 rings (SSSR count). The third-order valence-electron chi connectivity index (χ3n) is 4.34. The van der Waals surface area contributed by atoms with E-state index >= 15 is 0 Å². The molecule has 0 bridgehead atoms. The maximum atomic E-state index is 14.2. The van der Waals surface area contributed by atoms with Crippen molar-refractivity contribution in [1.82, 2.24) is 4.90 Å². The van der Waals surface area contributed by atoms with E-state index in [2.05, 4.69) is 49.9 Å². The number of likely N-dealkylation sites (tertiary alicyclic amines) is 1. The van der Waals surface area contributed by atoms with Gasteiger partial charge in [-0.1, -0.05) is 58.9 Å². The van der Waals surface area contributed by atoms with Crippen LogP contribution in [0.15, 0.2) is 24.3 Å². The highest BCUT2D eigenvalue weighted by molar-refractivity contribution is 5.23. The number of halogens is 1. The molecule has 0 spiro atoms. The van der Waals surface area contributed by atoms with Crippen LogP contribution in [0.25, 0.3) is 0 Å². The minimum atomic E-state index is -0.664. The molecule has 0 aliphatic carbocycles. The zero-order valence-electron chi connectivity index (χ0n) is 14.4. The van der Waals surface area contributed by atoms with Crippen molar-refractivity contribution in [2.24, 2.45) is 11.8 Å². The van der Waals surface area contributed by atoms with E-state index in [9.17, 15) is 4.39 Å². The monoisotopic (exact) mass is 293 g/mol. The fourth-order valence-electron chi connectivity index (χ4n) is 3.09. The normalized spacial score (nSPS) is 22.8. The smallest absolute Gasteiger partial charge is 0.116 e. The van der Waals surface area contributed by atoms with Gasteiger partial charge >= 0.3 is 0 Å². The Morgan fingerprint density at radius 2 is 1.90 bits per heavy atom. The van der Waals surface area contributed by atoms with E-state index < -0.39 is 6.17 Å². The molecule has 1 fully saturated rings. The summed E-state index contributed by atoms with van der Waals surface area (Å²) in [5.74, 6) is 0.707. The lowest BCUT2D eigenvalue weighted by atomic mass is 9.85. The van der Waals surface area contributed by atoms with Gasteiger partial charge in [-0.3, -0.25) is 4.90 Å². The highest BCUT2D eigenvalue weighted by Crippen LogP contribution is 2.28. The second-order valence-electron chi connectivity index (χ2n) is 6.12. The van der Waals surface area contributed by atoms with Crippen molar-refractivity contribution >= 4 is 0 Å². The van der Waals surface area contributed by atoms with E-state index in [1.54, 1.807) is 0 Å². The van der Waals surface area contributed by atoms with Crippen molar-refractivity contribution < 1.29 is 4.39 Å². The van der Waals surface area contributed by atoms with E-state index in [0.717, 1.165) is 25.9 Å². The highest BCUT2D eigenvalue weighted by Gasteiger charge is 2.30. The number of hydrogen-bond acceptors (Lipinski definition) is 1. The Balaban J connectivity index is 0.00000106. The average Bonchev–Trinajstić information content (AvgIpc) is 2.49. The third kappa shape index (κ3) is 5.43. The largest absolute Gasteiger partial charge is 0.296 e. The summed E-state index contributed by atoms with van der Waals surface area (Å²) in [6, 6.07) is 8.68. The molecule has 1 aliphatic rings. The summed E-state index contributed by atoms with van der Waals surface area (Å²) in [6.07, 6.45) is 1.39. The second kappa shape index (κ2) is 9.19. The van der Waals surface area contributed by atoms with Gasteiger partial charge in [-0.2, -0.15) is 0 Å². The standard InChI is InChI=1S/C17H26FN.C2H6/c1-4-14-6-5-7-15(10-14)11-19-9-8-16(13(2)3)17(18)12-19;1-2/h5-7,10,13,16-17H,4,8-9,11-12H2,1-3H3;1-2H3. The summed E-state index contributed by atoms with van der Waals surface area (Å²) in [5, 5.41) is 0. The summed E-state index contributed by atoms with van der Waals surface area (Å²) in [4.78, 5) is 2.26. The van der Waals surface area contributed by atoms with E-state index in [1.165, 1.54) is 11.1 Å². The van der Waals surface area contributed by atoms with Crippen LogP contribution in [-0.4, -0.2) is 24.2 Å². The van der Waals surface area contributed by atoms with Gasteiger partial charge in [0.25, 0.3) is 0 Å². The minimum Gasteiger partial charge on any atom is -0.296 e. The van der Waals surface area contributed by atoms with Gasteiger partial charge in [-0.25, -0.2) is 4.39 Å². The van der Waals surface area contributed by atoms with Crippen LogP contribution in [0.1, 0.15) is 52.2 Å². The van der Waals surface area contributed by atoms with E-state index in [0.29, 0.717) is 12.5 Å². The summed E-state index contributed by atoms with van der Waals surface area (Å²) >= 11 is 0. The Kier molecular flexibility index (Phi) is 7.95. The van der Waals surface area contributed by atoms with Crippen LogP contribution < -0.4 is 0 Å². The summed E-state index contributed by atoms with van der Waals surface area (Å²) in [6.45, 7) is 13.0. The molecule has 1 nitrogen and oxygen atoms in total. The molecule has 1 aliphatic heterocycles. The number of nitrogens with zero attached hydrogens (tertiary/aromatic N) is 1. The summed E-state index contributed by atoms with van der Waals surface area (Å²) in [7, 11) is 0. The number of hydrogen-bond donors (Lipinski definition) is 0. The first kappa shape index (κ1) is 18.2. The molecule has 21 heavy (non-hydrogen) atoms. The predicted octanol–water partition coefficient (Wildman–Crippen LogP) is 5.09. The highest BCUT2D eigenvalue weighted by atomic mass is 19.1. The molecule has 0 saturated carbocycles. The number of alkyl halides is 1. The van der Waals surface area contributed by atoms with Crippen molar-refractivity contribution in [3.05, 3.63) is 35.4 Å². The predicted molar refractivity (Wildman–Crippen MR) is 90.3 cm³/mol. The molecule has 120 valence electrons. The van der Waals surface area contributed by atoms with Gasteiger partial charge in [0.15, 0.2) is 0 Å². The lowest BCUT2D eigenvalue weighted by molar-refractivity contribution is 0.0574. The summed E-state index contributed by atoms with van der Waals surface area (Å²) in [5.41, 5.74) is 2.68. The molecule has 1 saturated heterocycles. The molecule has 1 aromatic rings. The Labute approximate surface area is 130 Å². The van der Waals surface area contributed by atoms with Gasteiger partial charge in [0.05, 0.1) is 0 Å². The minimum absolute atomic E-state index is 0.248. The van der Waals surface area contributed by atoms with Crippen LogP contribution in [0.2, 0.25) is 0 Å². The van der Waals surface area contributed by atoms with Crippen molar-refractivity contribution in [1.29, 1.82) is 0 Å². The number of rotatable bonds is 4. The SMILES string of the molecule is CC.CCc1cccc(CN2CCC(C(C)C)C(F)C2)c1. The molecule has 2 heteroatoms. The molecular weight excluding hydrogens is 261 g/mol. The third-order valence-corrected chi connectivity index (χ3v) is 4.34. The molecular formula is C19H32FN. The van der Waals surface area contributed by atoms with Gasteiger partial charge in [0.1, 0.15) is 6.17 Å². The van der Waals surface area contributed by atoms with Gasteiger partial charge in [-0.05, 0) is 42.3 Å². The Morgan fingerprint density at radius 3 is 2.48 bits per heavy atom. The molecule has 0 amide bonds. The fourth-order valence-corrected chi connectivity index (χ4v) is 3.09. The zero-order chi connectivity index (χ0) is 15.8. The van der Waals surface area contributed by atoms with Crippen molar-refractivity contribution in [3.63, 3.8) is 0 Å². The van der Waals surface area contributed by atoms with Gasteiger partial charge < -0.3 is 0 Å². The molecule has 0 N–H and O–H groups in total. The van der Waals surface area contributed by atoms with Crippen molar-refractivity contribution in [3.8, 4) is 0 Å². The van der Waals surface area contributed by atoms with Crippen molar-refractivity contribution in [2.75, 3.05) is 13.1 Å². The Morgan fingerprint density at radius 1 is 1.24 bits per heavy atom. The van der Waals surface area contributed by atoms with Gasteiger partial charge in [0.2, 0.25) is 0 Å². The van der Waals surface area contributed by atoms with Crippen LogP contribution in [0.4, 0.5) is 4.39 Å². The van der Waals surface area contributed by atoms with E-state index in [4.69, 9.17) is 0 Å². The molecule has 2 unspecified atom stereocenters. The van der Waals surface area contributed by atoms with Crippen LogP contribution in [0, 0.1) is 11.8 Å². The average molecular weight is 293 g/mol. The van der Waals surface area contributed by atoms with E-state index in [-0.39, 0.29) is 5.92 Å². The van der Waals surface area contributed by atoms with Crippen LogP contribution in [0.5, 0.6) is 0 Å². The summed E-state index contributed by atoms with van der Waals surface area (Å²) < 4.78 is 14.2. The number of piperidine rings is 1. The Bertz CT molecular complexity index is 402. The molecule has 1 aromatic carbocycles. The second-order valence-corrected chi connectivity index (χ2v) is 6.12.